The molecule has 2 aromatic heterocycles. The Labute approximate surface area is 129 Å². The van der Waals surface area contributed by atoms with Crippen LogP contribution in [-0.2, 0) is 6.61 Å². The Hall–Kier alpha value is -3.35. The van der Waals surface area contributed by atoms with Crippen LogP contribution in [0.5, 0.6) is 5.75 Å². The van der Waals surface area contributed by atoms with Crippen LogP contribution in [0.1, 0.15) is 16.1 Å². The fourth-order valence-electron chi connectivity index (χ4n) is 1.87. The summed E-state index contributed by atoms with van der Waals surface area (Å²) in [4.78, 5) is 22.8. The highest BCUT2D eigenvalue weighted by atomic mass is 16.5. The predicted octanol–water partition coefficient (Wildman–Crippen LogP) is 2.57. The van der Waals surface area contributed by atoms with E-state index in [2.05, 4.69) is 9.68 Å². The second kappa shape index (κ2) is 6.18. The highest BCUT2D eigenvalue weighted by Crippen LogP contribution is 2.20. The molecule has 0 fully saturated rings. The summed E-state index contributed by atoms with van der Waals surface area (Å²) in [6.45, 7) is 0.234. The van der Waals surface area contributed by atoms with Gasteiger partial charge in [0.25, 0.3) is 0 Å². The van der Waals surface area contributed by atoms with Gasteiger partial charge in [0.15, 0.2) is 5.76 Å². The number of rotatable bonds is 5. The number of carboxylic acid groups (broad SMARTS) is 1. The van der Waals surface area contributed by atoms with E-state index in [9.17, 15) is 9.59 Å². The Bertz CT molecular complexity index is 881. The smallest absolute Gasteiger partial charge is 0.374 e. The van der Waals surface area contributed by atoms with Crippen LogP contribution in [-0.4, -0.2) is 16.2 Å². The lowest BCUT2D eigenvalue weighted by molar-refractivity contribution is 0.0652. The summed E-state index contributed by atoms with van der Waals surface area (Å²) in [5.41, 5.74) is 0.634. The number of hydrogen-bond acceptors (Lipinski definition) is 6. The Balaban J connectivity index is 1.77. The van der Waals surface area contributed by atoms with Crippen molar-refractivity contribution in [2.75, 3.05) is 0 Å². The van der Waals surface area contributed by atoms with Crippen molar-refractivity contribution in [3.8, 4) is 17.2 Å². The number of aromatic carboxylic acids is 1. The Morgan fingerprint density at radius 1 is 1.22 bits per heavy atom. The SMILES string of the molecule is O=C(O)c1cc(-c2cc(=O)c(OCc3ccccc3)co2)no1. The molecule has 1 N–H and O–H groups in total. The minimum Gasteiger partial charge on any atom is -0.482 e. The molecular weight excluding hydrogens is 302 g/mol. The number of benzene rings is 1. The van der Waals surface area contributed by atoms with Crippen LogP contribution in [0.2, 0.25) is 0 Å². The topological polar surface area (TPSA) is 103 Å². The molecule has 0 radical (unpaired) electrons. The van der Waals surface area contributed by atoms with Crippen LogP contribution in [0.3, 0.4) is 0 Å². The van der Waals surface area contributed by atoms with Crippen LogP contribution in [0, 0.1) is 0 Å². The van der Waals surface area contributed by atoms with Gasteiger partial charge in [0, 0.05) is 12.1 Å². The van der Waals surface area contributed by atoms with Gasteiger partial charge in [0.1, 0.15) is 18.6 Å². The maximum Gasteiger partial charge on any atom is 0.374 e. The van der Waals surface area contributed by atoms with E-state index in [-0.39, 0.29) is 29.6 Å². The molecule has 0 amide bonds. The maximum absolute atomic E-state index is 12.0. The molecule has 0 aliphatic rings. The van der Waals surface area contributed by atoms with Gasteiger partial charge < -0.3 is 18.8 Å². The first-order chi connectivity index (χ1) is 11.1. The van der Waals surface area contributed by atoms with E-state index < -0.39 is 11.4 Å². The summed E-state index contributed by atoms with van der Waals surface area (Å²) >= 11 is 0. The van der Waals surface area contributed by atoms with Crippen LogP contribution < -0.4 is 10.2 Å². The van der Waals surface area contributed by atoms with Gasteiger partial charge in [-0.1, -0.05) is 35.5 Å². The zero-order valence-corrected chi connectivity index (χ0v) is 11.8. The minimum absolute atomic E-state index is 0.0551. The number of ether oxygens (including phenoxy) is 1. The molecule has 7 heteroatoms. The molecule has 0 saturated carbocycles. The molecular formula is C16H11NO6. The molecule has 0 unspecified atom stereocenters. The zero-order chi connectivity index (χ0) is 16.2. The predicted molar refractivity (Wildman–Crippen MR) is 78.2 cm³/mol. The zero-order valence-electron chi connectivity index (χ0n) is 11.8. The summed E-state index contributed by atoms with van der Waals surface area (Å²) in [5, 5.41) is 12.3. The van der Waals surface area contributed by atoms with Gasteiger partial charge in [-0.25, -0.2) is 4.79 Å². The van der Waals surface area contributed by atoms with Gasteiger partial charge in [-0.05, 0) is 5.56 Å². The Morgan fingerprint density at radius 3 is 2.65 bits per heavy atom. The third-order valence-electron chi connectivity index (χ3n) is 3.01. The summed E-state index contributed by atoms with van der Waals surface area (Å²) in [7, 11) is 0. The van der Waals surface area contributed by atoms with Crippen LogP contribution in [0.25, 0.3) is 11.5 Å². The molecule has 0 saturated heterocycles. The van der Waals surface area contributed by atoms with E-state index in [0.717, 1.165) is 11.8 Å². The minimum atomic E-state index is -1.26. The van der Waals surface area contributed by atoms with Crippen molar-refractivity contribution in [3.63, 3.8) is 0 Å². The van der Waals surface area contributed by atoms with E-state index in [0.29, 0.717) is 0 Å². The van der Waals surface area contributed by atoms with Gasteiger partial charge in [0.2, 0.25) is 16.9 Å². The molecule has 3 rings (SSSR count). The number of nitrogens with zero attached hydrogens (tertiary/aromatic N) is 1. The number of hydrogen-bond donors (Lipinski definition) is 1. The lowest BCUT2D eigenvalue weighted by Gasteiger charge is -2.05. The van der Waals surface area contributed by atoms with Gasteiger partial charge in [-0.2, -0.15) is 0 Å². The Morgan fingerprint density at radius 2 is 2.00 bits per heavy atom. The Kier molecular flexibility index (Phi) is 3.92. The van der Waals surface area contributed by atoms with Gasteiger partial charge in [-0.3, -0.25) is 4.79 Å². The molecule has 0 spiro atoms. The molecule has 0 bridgehead atoms. The third-order valence-corrected chi connectivity index (χ3v) is 3.01. The van der Waals surface area contributed by atoms with Gasteiger partial charge >= 0.3 is 5.97 Å². The third kappa shape index (κ3) is 3.29. The van der Waals surface area contributed by atoms with Crippen LogP contribution in [0.4, 0.5) is 0 Å². The van der Waals surface area contributed by atoms with Gasteiger partial charge in [-0.15, -0.1) is 0 Å². The molecule has 7 nitrogen and oxygen atoms in total. The summed E-state index contributed by atoms with van der Waals surface area (Å²) < 4.78 is 15.3. The molecule has 23 heavy (non-hydrogen) atoms. The summed E-state index contributed by atoms with van der Waals surface area (Å²) in [6, 6.07) is 11.7. The number of carboxylic acids is 1. The molecule has 1 aromatic carbocycles. The lowest BCUT2D eigenvalue weighted by Crippen LogP contribution is -2.07. The monoisotopic (exact) mass is 313 g/mol. The van der Waals surface area contributed by atoms with Gasteiger partial charge in [0.05, 0.1) is 0 Å². The second-order valence-corrected chi connectivity index (χ2v) is 4.63. The largest absolute Gasteiger partial charge is 0.482 e. The van der Waals surface area contributed by atoms with Crippen LogP contribution in [0.15, 0.2) is 62.5 Å². The molecule has 0 aliphatic heterocycles. The highest BCUT2D eigenvalue weighted by molar-refractivity contribution is 5.85. The van der Waals surface area contributed by atoms with Crippen molar-refractivity contribution in [2.24, 2.45) is 0 Å². The normalized spacial score (nSPS) is 10.4. The van der Waals surface area contributed by atoms with Crippen molar-refractivity contribution in [1.29, 1.82) is 0 Å². The summed E-state index contributed by atoms with van der Waals surface area (Å²) in [5.74, 6) is -1.45. The summed E-state index contributed by atoms with van der Waals surface area (Å²) in [6.07, 6.45) is 1.16. The lowest BCUT2D eigenvalue weighted by atomic mass is 10.2. The van der Waals surface area contributed by atoms with Crippen LogP contribution >= 0.6 is 0 Å². The van der Waals surface area contributed by atoms with Crippen molar-refractivity contribution in [1.82, 2.24) is 5.16 Å². The fraction of sp³-hybridized carbons (Fsp3) is 0.0625. The molecule has 0 aliphatic carbocycles. The molecule has 3 aromatic rings. The molecule has 116 valence electrons. The van der Waals surface area contributed by atoms with E-state index >= 15 is 0 Å². The van der Waals surface area contributed by atoms with E-state index in [1.165, 1.54) is 12.1 Å². The van der Waals surface area contributed by atoms with E-state index in [4.69, 9.17) is 14.3 Å². The van der Waals surface area contributed by atoms with Crippen molar-refractivity contribution in [3.05, 3.63) is 70.3 Å². The first kappa shape index (κ1) is 14.6. The fourth-order valence-corrected chi connectivity index (χ4v) is 1.87. The van der Waals surface area contributed by atoms with Crippen molar-refractivity contribution >= 4 is 5.97 Å². The first-order valence-electron chi connectivity index (χ1n) is 6.63. The quantitative estimate of drug-likeness (QED) is 0.772. The molecule has 0 atom stereocenters. The maximum atomic E-state index is 12.0. The standard InChI is InChI=1S/C16H11NO6/c18-12-7-13(11-6-14(16(19)20)23-17-11)22-9-15(12)21-8-10-4-2-1-3-5-10/h1-7,9H,8H2,(H,19,20). The average Bonchev–Trinajstić information content (AvgIpc) is 3.05. The second-order valence-electron chi connectivity index (χ2n) is 4.63. The first-order valence-corrected chi connectivity index (χ1v) is 6.63. The van der Waals surface area contributed by atoms with E-state index in [1.54, 1.807) is 0 Å². The number of aromatic nitrogens is 1. The highest BCUT2D eigenvalue weighted by Gasteiger charge is 2.15. The average molecular weight is 313 g/mol. The number of carbonyl (C=O) groups is 1. The van der Waals surface area contributed by atoms with E-state index in [1.807, 2.05) is 30.3 Å². The molecule has 2 heterocycles. The van der Waals surface area contributed by atoms with Crippen molar-refractivity contribution < 1.29 is 23.6 Å². The van der Waals surface area contributed by atoms with Crippen molar-refractivity contribution in [2.45, 2.75) is 6.61 Å².